The Hall–Kier alpha value is -1.88. The molecule has 0 aliphatic heterocycles. The van der Waals surface area contributed by atoms with Gasteiger partial charge in [-0.05, 0) is 51.4 Å². The van der Waals surface area contributed by atoms with Gasteiger partial charge in [0.1, 0.15) is 6.61 Å². The second kappa shape index (κ2) is 78.4. The van der Waals surface area contributed by atoms with Gasteiger partial charge in [-0.15, -0.1) is 0 Å². The van der Waals surface area contributed by atoms with Crippen LogP contribution in [0.1, 0.15) is 457 Å². The van der Waals surface area contributed by atoms with Crippen LogP contribution >= 0.6 is 0 Å². The lowest BCUT2D eigenvalue weighted by Gasteiger charge is -2.15. The van der Waals surface area contributed by atoms with Crippen LogP contribution in [0, 0.1) is 0 Å². The van der Waals surface area contributed by atoms with E-state index >= 15 is 0 Å². The highest BCUT2D eigenvalue weighted by atomic mass is 16.6. The average molecular weight is 1220 g/mol. The van der Waals surface area contributed by atoms with Crippen molar-refractivity contribution >= 4 is 11.9 Å². The maximum atomic E-state index is 12.4. The van der Waals surface area contributed by atoms with E-state index in [4.69, 9.17) is 9.47 Å². The van der Waals surface area contributed by atoms with E-state index in [0.717, 1.165) is 44.9 Å². The van der Waals surface area contributed by atoms with Crippen LogP contribution in [0.25, 0.3) is 0 Å². The van der Waals surface area contributed by atoms with Gasteiger partial charge in [-0.1, -0.05) is 429 Å². The third-order valence-electron chi connectivity index (χ3n) is 18.7. The molecule has 1 atom stereocenters. The number of hydrogen-bond acceptors (Lipinski definition) is 5. The van der Waals surface area contributed by atoms with Gasteiger partial charge in [0.15, 0.2) is 6.10 Å². The van der Waals surface area contributed by atoms with Gasteiger partial charge in [-0.2, -0.15) is 0 Å². The summed E-state index contributed by atoms with van der Waals surface area (Å²) >= 11 is 0. The minimum atomic E-state index is -0.770. The van der Waals surface area contributed by atoms with Gasteiger partial charge < -0.3 is 14.6 Å². The van der Waals surface area contributed by atoms with Crippen LogP contribution in [0.3, 0.4) is 0 Å². The molecule has 0 radical (unpaired) electrons. The fourth-order valence-electron chi connectivity index (χ4n) is 12.7. The number of allylic oxidation sites excluding steroid dienone is 6. The second-order valence-electron chi connectivity index (χ2n) is 27.5. The lowest BCUT2D eigenvalue weighted by molar-refractivity contribution is -0.161. The largest absolute Gasteiger partial charge is 0.462 e. The summed E-state index contributed by atoms with van der Waals surface area (Å²) in [5, 5.41) is 9.73. The van der Waals surface area contributed by atoms with Gasteiger partial charge in [0.05, 0.1) is 6.61 Å². The molecule has 0 heterocycles. The molecule has 87 heavy (non-hydrogen) atoms. The summed E-state index contributed by atoms with van der Waals surface area (Å²) in [7, 11) is 0. The van der Waals surface area contributed by atoms with Crippen molar-refractivity contribution in [1.82, 2.24) is 0 Å². The fraction of sp³-hybridized carbons (Fsp3) is 0.902. The van der Waals surface area contributed by atoms with Gasteiger partial charge in [0, 0.05) is 12.8 Å². The third-order valence-corrected chi connectivity index (χ3v) is 18.7. The van der Waals surface area contributed by atoms with E-state index in [9.17, 15) is 14.7 Å². The second-order valence-corrected chi connectivity index (χ2v) is 27.5. The summed E-state index contributed by atoms with van der Waals surface area (Å²) in [6.07, 6.45) is 105. The summed E-state index contributed by atoms with van der Waals surface area (Å²) in [5.41, 5.74) is 0. The Morgan fingerprint density at radius 2 is 0.460 bits per heavy atom. The normalized spacial score (nSPS) is 12.3. The van der Waals surface area contributed by atoms with Crippen LogP contribution < -0.4 is 0 Å². The lowest BCUT2D eigenvalue weighted by Crippen LogP contribution is -2.28. The zero-order chi connectivity index (χ0) is 62.6. The SMILES string of the molecule is CCCCCCC/C=C\C/C=C\C/C=C\CCCCCCCCCCCCCCCCCCCCCCCCC(=O)OC(CO)COC(=O)CCCCCCCCCCCCCCCCCCCCCCCCCCCCCCCCCCCCCC. The molecule has 0 aliphatic carbocycles. The molecule has 0 saturated heterocycles. The van der Waals surface area contributed by atoms with Crippen molar-refractivity contribution in [2.24, 2.45) is 0 Å². The lowest BCUT2D eigenvalue weighted by atomic mass is 10.0. The van der Waals surface area contributed by atoms with Crippen LogP contribution in [0.2, 0.25) is 0 Å². The first kappa shape index (κ1) is 85.1. The van der Waals surface area contributed by atoms with Crippen LogP contribution in [0.4, 0.5) is 0 Å². The topological polar surface area (TPSA) is 72.8 Å². The highest BCUT2D eigenvalue weighted by molar-refractivity contribution is 5.70. The predicted octanol–water partition coefficient (Wildman–Crippen LogP) is 28.1. The number of rotatable bonds is 76. The van der Waals surface area contributed by atoms with Crippen molar-refractivity contribution in [3.8, 4) is 0 Å². The first-order valence-corrected chi connectivity index (χ1v) is 40.0. The van der Waals surface area contributed by atoms with Crippen molar-refractivity contribution in [3.63, 3.8) is 0 Å². The van der Waals surface area contributed by atoms with E-state index in [-0.39, 0.29) is 25.2 Å². The average Bonchev–Trinajstić information content (AvgIpc) is 3.52. The third kappa shape index (κ3) is 76.5. The van der Waals surface area contributed by atoms with E-state index in [0.29, 0.717) is 12.8 Å². The van der Waals surface area contributed by atoms with E-state index in [1.54, 1.807) is 0 Å². The molecule has 0 amide bonds. The highest BCUT2D eigenvalue weighted by Crippen LogP contribution is 2.20. The summed E-state index contributed by atoms with van der Waals surface area (Å²) in [6.45, 7) is 4.20. The molecule has 5 nitrogen and oxygen atoms in total. The molecule has 1 N–H and O–H groups in total. The number of esters is 2. The molecule has 0 rings (SSSR count). The molecule has 0 spiro atoms. The van der Waals surface area contributed by atoms with Crippen molar-refractivity contribution in [1.29, 1.82) is 0 Å². The number of ether oxygens (including phenoxy) is 2. The summed E-state index contributed by atoms with van der Waals surface area (Å²) in [5.74, 6) is -0.561. The number of carbonyl (C=O) groups excluding carboxylic acids is 2. The molecule has 5 heteroatoms. The molecule has 0 bridgehead atoms. The van der Waals surface area contributed by atoms with Gasteiger partial charge in [0.2, 0.25) is 0 Å². The van der Waals surface area contributed by atoms with Gasteiger partial charge in [-0.3, -0.25) is 9.59 Å². The number of hydrogen-bond donors (Lipinski definition) is 1. The van der Waals surface area contributed by atoms with Crippen molar-refractivity contribution in [2.45, 2.75) is 463 Å². The Morgan fingerprint density at radius 1 is 0.264 bits per heavy atom. The Bertz CT molecular complexity index is 1390. The summed E-state index contributed by atoms with van der Waals surface area (Å²) < 4.78 is 10.8. The molecule has 0 aliphatic rings. The monoisotopic (exact) mass is 1220 g/mol. The molecular weight excluding hydrogens is 1060 g/mol. The molecular formula is C82H156O5. The van der Waals surface area contributed by atoms with Gasteiger partial charge in [-0.25, -0.2) is 0 Å². The Kier molecular flexibility index (Phi) is 76.7. The number of carbonyl (C=O) groups is 2. The van der Waals surface area contributed by atoms with E-state index in [2.05, 4.69) is 50.3 Å². The molecule has 1 unspecified atom stereocenters. The first-order chi connectivity index (χ1) is 43.1. The first-order valence-electron chi connectivity index (χ1n) is 40.0. The molecule has 0 aromatic carbocycles. The number of aliphatic hydroxyl groups excluding tert-OH is 1. The zero-order valence-electron chi connectivity index (χ0n) is 59.3. The molecule has 514 valence electrons. The minimum absolute atomic E-state index is 0.0580. The van der Waals surface area contributed by atoms with E-state index in [1.807, 2.05) is 0 Å². The predicted molar refractivity (Wildman–Crippen MR) is 385 cm³/mol. The minimum Gasteiger partial charge on any atom is -0.462 e. The molecule has 0 aromatic rings. The Labute approximate surface area is 546 Å². The van der Waals surface area contributed by atoms with Gasteiger partial charge >= 0.3 is 11.9 Å². The molecule has 0 fully saturated rings. The number of aliphatic hydroxyl groups is 1. The van der Waals surface area contributed by atoms with Crippen LogP contribution in [-0.4, -0.2) is 36.4 Å². The quantitative estimate of drug-likeness (QED) is 0.0373. The van der Waals surface area contributed by atoms with Crippen LogP contribution in [0.5, 0.6) is 0 Å². The van der Waals surface area contributed by atoms with Gasteiger partial charge in [0.25, 0.3) is 0 Å². The number of unbranched alkanes of at least 4 members (excludes halogenated alkanes) is 62. The Morgan fingerprint density at radius 3 is 0.690 bits per heavy atom. The highest BCUT2D eigenvalue weighted by Gasteiger charge is 2.16. The smallest absolute Gasteiger partial charge is 0.306 e. The van der Waals surface area contributed by atoms with E-state index in [1.165, 1.54) is 385 Å². The summed E-state index contributed by atoms with van der Waals surface area (Å²) in [4.78, 5) is 24.7. The standard InChI is InChI=1S/C82H156O5/c1-3-5-7-9-11-13-15-17-19-21-23-25-27-29-31-33-35-37-39-41-43-45-47-49-51-53-55-57-59-61-63-65-67-69-71-73-75-77-82(85)87-80(78-83)79-86-81(84)76-74-72-70-68-66-64-62-60-58-56-54-52-50-48-46-44-42-40-38-36-34-32-30-28-26-24-22-20-18-16-14-12-10-8-6-4-2/h15,17,21,23,27,29,80,83H,3-14,16,18-20,22,24-26,28,30-79H2,1-2H3/b17-15-,23-21-,29-27-. The Balaban J connectivity index is 3.36. The zero-order valence-corrected chi connectivity index (χ0v) is 59.3. The maximum absolute atomic E-state index is 12.4. The van der Waals surface area contributed by atoms with Crippen LogP contribution in [-0.2, 0) is 19.1 Å². The van der Waals surface area contributed by atoms with Crippen molar-refractivity contribution in [2.75, 3.05) is 13.2 Å². The van der Waals surface area contributed by atoms with E-state index < -0.39 is 6.10 Å². The summed E-state index contributed by atoms with van der Waals surface area (Å²) in [6, 6.07) is 0. The van der Waals surface area contributed by atoms with Crippen LogP contribution in [0.15, 0.2) is 36.5 Å². The molecule has 0 aromatic heterocycles. The maximum Gasteiger partial charge on any atom is 0.306 e. The van der Waals surface area contributed by atoms with Crippen molar-refractivity contribution in [3.05, 3.63) is 36.5 Å². The van der Waals surface area contributed by atoms with Crippen molar-refractivity contribution < 1.29 is 24.2 Å². The molecule has 0 saturated carbocycles. The fourth-order valence-corrected chi connectivity index (χ4v) is 12.7.